The van der Waals surface area contributed by atoms with Crippen LogP contribution in [-0.2, 0) is 25.5 Å². The molecule has 31 heavy (non-hydrogen) atoms. The van der Waals surface area contributed by atoms with Crippen LogP contribution in [0.2, 0.25) is 0 Å². The molecule has 156 valence electrons. The van der Waals surface area contributed by atoms with Crippen LogP contribution in [0.1, 0.15) is 23.1 Å². The van der Waals surface area contributed by atoms with Crippen molar-refractivity contribution in [1.29, 1.82) is 0 Å². The summed E-state index contributed by atoms with van der Waals surface area (Å²) in [5.41, 5.74) is 2.98. The molecule has 4 heteroatoms. The SMILES string of the molecule is COC(=O)C(C/C=C/Cc1cc2ccccc2cc1C#Cc1ccccc1)C(=O)OC. The van der Waals surface area contributed by atoms with Crippen LogP contribution in [0.4, 0.5) is 0 Å². The van der Waals surface area contributed by atoms with Crippen molar-refractivity contribution in [2.45, 2.75) is 12.8 Å². The van der Waals surface area contributed by atoms with Gasteiger partial charge in [0.05, 0.1) is 14.2 Å². The summed E-state index contributed by atoms with van der Waals surface area (Å²) in [4.78, 5) is 23.6. The predicted octanol–water partition coefficient (Wildman–Crippen LogP) is 4.69. The molecule has 0 amide bonds. The molecule has 0 aliphatic rings. The number of carbonyl (C=O) groups is 2. The van der Waals surface area contributed by atoms with E-state index in [4.69, 9.17) is 9.47 Å². The highest BCUT2D eigenvalue weighted by atomic mass is 16.5. The number of ether oxygens (including phenoxy) is 2. The Bertz CT molecular complexity index is 1130. The van der Waals surface area contributed by atoms with E-state index in [0.29, 0.717) is 6.42 Å². The standard InChI is InChI=1S/C27H24O4/c1-30-26(28)25(27(29)31-2)15-9-8-14-23-18-21-12-6-7-13-22(21)19-24(23)17-16-20-10-4-3-5-11-20/h3-13,18-19,25H,14-15H2,1-2H3/b9-8+. The summed E-state index contributed by atoms with van der Waals surface area (Å²) in [6, 6.07) is 22.2. The molecule has 0 N–H and O–H groups in total. The van der Waals surface area contributed by atoms with Crippen LogP contribution in [-0.4, -0.2) is 26.2 Å². The van der Waals surface area contributed by atoms with E-state index in [1.807, 2.05) is 54.6 Å². The Morgan fingerprint density at radius 1 is 0.839 bits per heavy atom. The maximum Gasteiger partial charge on any atom is 0.320 e. The molecule has 4 nitrogen and oxygen atoms in total. The van der Waals surface area contributed by atoms with Crippen LogP contribution in [0.25, 0.3) is 10.8 Å². The average molecular weight is 412 g/mol. The first-order valence-electron chi connectivity index (χ1n) is 10.0. The number of rotatable bonds is 6. The summed E-state index contributed by atoms with van der Waals surface area (Å²) < 4.78 is 9.40. The fourth-order valence-corrected chi connectivity index (χ4v) is 3.25. The highest BCUT2D eigenvalue weighted by Gasteiger charge is 2.27. The van der Waals surface area contributed by atoms with E-state index in [-0.39, 0.29) is 6.42 Å². The van der Waals surface area contributed by atoms with Gasteiger partial charge in [0, 0.05) is 11.1 Å². The number of hydrogen-bond donors (Lipinski definition) is 0. The Morgan fingerprint density at radius 2 is 1.45 bits per heavy atom. The molecule has 0 atom stereocenters. The van der Waals surface area contributed by atoms with Crippen LogP contribution in [0.15, 0.2) is 78.9 Å². The van der Waals surface area contributed by atoms with Gasteiger partial charge in [0.15, 0.2) is 5.92 Å². The lowest BCUT2D eigenvalue weighted by Crippen LogP contribution is -2.25. The van der Waals surface area contributed by atoms with E-state index < -0.39 is 17.9 Å². The molecule has 0 bridgehead atoms. The largest absolute Gasteiger partial charge is 0.468 e. The van der Waals surface area contributed by atoms with E-state index in [2.05, 4.69) is 36.1 Å². The number of hydrogen-bond acceptors (Lipinski definition) is 4. The second-order valence-electron chi connectivity index (χ2n) is 6.98. The van der Waals surface area contributed by atoms with Crippen LogP contribution in [0, 0.1) is 17.8 Å². The molecular formula is C27H24O4. The first-order valence-corrected chi connectivity index (χ1v) is 10.0. The lowest BCUT2D eigenvalue weighted by atomic mass is 9.98. The van der Waals surface area contributed by atoms with Gasteiger partial charge in [-0.05, 0) is 53.4 Å². The quantitative estimate of drug-likeness (QED) is 0.255. The van der Waals surface area contributed by atoms with Gasteiger partial charge in [-0.3, -0.25) is 9.59 Å². The van der Waals surface area contributed by atoms with Crippen molar-refractivity contribution in [2.24, 2.45) is 5.92 Å². The molecule has 0 spiro atoms. The van der Waals surface area contributed by atoms with Gasteiger partial charge in [-0.1, -0.05) is 66.5 Å². The Hall–Kier alpha value is -3.84. The van der Waals surface area contributed by atoms with E-state index in [1.165, 1.54) is 14.2 Å². The third-order valence-corrected chi connectivity index (χ3v) is 4.93. The van der Waals surface area contributed by atoms with Gasteiger partial charge in [0.25, 0.3) is 0 Å². The molecule has 0 aromatic heterocycles. The van der Waals surface area contributed by atoms with E-state index in [9.17, 15) is 9.59 Å². The first-order chi connectivity index (χ1) is 15.1. The summed E-state index contributed by atoms with van der Waals surface area (Å²) in [5, 5.41) is 2.27. The maximum atomic E-state index is 11.8. The van der Waals surface area contributed by atoms with Crippen molar-refractivity contribution in [1.82, 2.24) is 0 Å². The van der Waals surface area contributed by atoms with Gasteiger partial charge in [-0.15, -0.1) is 0 Å². The molecule has 3 aromatic carbocycles. The van der Waals surface area contributed by atoms with E-state index in [1.54, 1.807) is 0 Å². The summed E-state index contributed by atoms with van der Waals surface area (Å²) in [6.45, 7) is 0. The second-order valence-corrected chi connectivity index (χ2v) is 6.98. The zero-order chi connectivity index (χ0) is 22.1. The van der Waals surface area contributed by atoms with Gasteiger partial charge in [-0.2, -0.15) is 0 Å². The lowest BCUT2D eigenvalue weighted by molar-refractivity contribution is -0.158. The Labute approximate surface area is 182 Å². The van der Waals surface area contributed by atoms with E-state index >= 15 is 0 Å². The smallest absolute Gasteiger partial charge is 0.320 e. The number of esters is 2. The third-order valence-electron chi connectivity index (χ3n) is 4.93. The van der Waals surface area contributed by atoms with Crippen LogP contribution >= 0.6 is 0 Å². The molecule has 0 unspecified atom stereocenters. The molecule has 0 heterocycles. The van der Waals surface area contributed by atoms with Gasteiger partial charge < -0.3 is 9.47 Å². The van der Waals surface area contributed by atoms with Crippen LogP contribution < -0.4 is 0 Å². The second kappa shape index (κ2) is 10.8. The Morgan fingerprint density at radius 3 is 2.10 bits per heavy atom. The minimum Gasteiger partial charge on any atom is -0.468 e. The van der Waals surface area contributed by atoms with Crippen molar-refractivity contribution in [3.8, 4) is 11.8 Å². The fourth-order valence-electron chi connectivity index (χ4n) is 3.25. The lowest BCUT2D eigenvalue weighted by Gasteiger charge is -2.10. The Kier molecular flexibility index (Phi) is 7.61. The third kappa shape index (κ3) is 5.83. The van der Waals surface area contributed by atoms with Gasteiger partial charge in [-0.25, -0.2) is 0 Å². The zero-order valence-corrected chi connectivity index (χ0v) is 17.6. The summed E-state index contributed by atoms with van der Waals surface area (Å²) >= 11 is 0. The summed E-state index contributed by atoms with van der Waals surface area (Å²) in [6.07, 6.45) is 4.59. The molecule has 0 radical (unpaired) electrons. The normalized spacial score (nSPS) is 10.7. The molecule has 0 fully saturated rings. The molecule has 0 aliphatic carbocycles. The number of methoxy groups -OCH3 is 2. The molecule has 0 aliphatic heterocycles. The number of fused-ring (bicyclic) bond motifs is 1. The van der Waals surface area contributed by atoms with Crippen molar-refractivity contribution >= 4 is 22.7 Å². The first kappa shape index (κ1) is 21.9. The molecular weight excluding hydrogens is 388 g/mol. The maximum absolute atomic E-state index is 11.8. The van der Waals surface area contributed by atoms with Gasteiger partial charge in [0.2, 0.25) is 0 Å². The monoisotopic (exact) mass is 412 g/mol. The average Bonchev–Trinajstić information content (AvgIpc) is 2.82. The topological polar surface area (TPSA) is 52.6 Å². The molecule has 0 saturated carbocycles. The fraction of sp³-hybridized carbons (Fsp3) is 0.185. The predicted molar refractivity (Wildman–Crippen MR) is 121 cm³/mol. The van der Waals surface area contributed by atoms with Gasteiger partial charge >= 0.3 is 11.9 Å². The van der Waals surface area contributed by atoms with Gasteiger partial charge in [0.1, 0.15) is 0 Å². The summed E-state index contributed by atoms with van der Waals surface area (Å²) in [5.74, 6) is 4.36. The zero-order valence-electron chi connectivity index (χ0n) is 17.6. The van der Waals surface area contributed by atoms with Crippen LogP contribution in [0.3, 0.4) is 0 Å². The van der Waals surface area contributed by atoms with Crippen molar-refractivity contribution in [3.63, 3.8) is 0 Å². The van der Waals surface area contributed by atoms with Crippen molar-refractivity contribution < 1.29 is 19.1 Å². The molecule has 3 rings (SSSR count). The molecule has 0 saturated heterocycles. The van der Waals surface area contributed by atoms with E-state index in [0.717, 1.165) is 27.5 Å². The minimum absolute atomic E-state index is 0.220. The van der Waals surface area contributed by atoms with Crippen molar-refractivity contribution in [3.05, 3.63) is 95.6 Å². The Balaban J connectivity index is 1.85. The minimum atomic E-state index is -0.958. The molecule has 3 aromatic rings. The van der Waals surface area contributed by atoms with Crippen LogP contribution in [0.5, 0.6) is 0 Å². The highest BCUT2D eigenvalue weighted by Crippen LogP contribution is 2.21. The highest BCUT2D eigenvalue weighted by molar-refractivity contribution is 5.95. The summed E-state index contributed by atoms with van der Waals surface area (Å²) in [7, 11) is 2.52. The number of carbonyl (C=O) groups excluding carboxylic acids is 2. The number of benzene rings is 3. The van der Waals surface area contributed by atoms with Crippen molar-refractivity contribution in [2.75, 3.05) is 14.2 Å². The number of allylic oxidation sites excluding steroid dienone is 2.